The number of hydrogen-bond acceptors (Lipinski definition) is 14. The second kappa shape index (κ2) is 14.5. The van der Waals surface area contributed by atoms with Crippen molar-refractivity contribution in [3.63, 3.8) is 0 Å². The normalized spacial score (nSPS) is 12.0. The fraction of sp³-hybridized carbons (Fsp3) is 0.0588. The minimum absolute atomic E-state index is 0.0601. The van der Waals surface area contributed by atoms with E-state index in [9.17, 15) is 13.0 Å². The van der Waals surface area contributed by atoms with E-state index in [1.165, 1.54) is 20.3 Å². The molecule has 16 heteroatoms. The van der Waals surface area contributed by atoms with Crippen LogP contribution in [0.3, 0.4) is 0 Å². The predicted octanol–water partition coefficient (Wildman–Crippen LogP) is 9.35. The predicted molar refractivity (Wildman–Crippen MR) is 191 cm³/mol. The Bertz CT molecular complexity index is 2420. The van der Waals surface area contributed by atoms with Crippen molar-refractivity contribution >= 4 is 77.8 Å². The Labute approximate surface area is 289 Å². The van der Waals surface area contributed by atoms with E-state index in [-0.39, 0.29) is 21.7 Å². The van der Waals surface area contributed by atoms with Crippen LogP contribution in [0.2, 0.25) is 0 Å². The molecule has 0 fully saturated rings. The summed E-state index contributed by atoms with van der Waals surface area (Å²) in [5.74, 6) is 0.806. The van der Waals surface area contributed by atoms with Crippen LogP contribution in [-0.2, 0) is 19.5 Å². The number of hydrogen-bond donors (Lipinski definition) is 4. The molecule has 254 valence electrons. The molecule has 14 nitrogen and oxygen atoms in total. The Balaban J connectivity index is 1.30. The Morgan fingerprint density at radius 3 is 1.58 bits per heavy atom. The van der Waals surface area contributed by atoms with Crippen molar-refractivity contribution in [3.05, 3.63) is 97.1 Å². The van der Waals surface area contributed by atoms with Crippen molar-refractivity contribution in [3.8, 4) is 22.6 Å². The number of methoxy groups -OCH3 is 2. The first-order chi connectivity index (χ1) is 24.1. The van der Waals surface area contributed by atoms with E-state index in [0.29, 0.717) is 44.5 Å². The van der Waals surface area contributed by atoms with Gasteiger partial charge in [0.25, 0.3) is 10.1 Å². The van der Waals surface area contributed by atoms with E-state index in [4.69, 9.17) is 26.2 Å². The van der Waals surface area contributed by atoms with E-state index in [2.05, 4.69) is 29.8 Å². The van der Waals surface area contributed by atoms with Crippen LogP contribution in [0.25, 0.3) is 32.7 Å². The summed E-state index contributed by atoms with van der Waals surface area (Å²) in [7, 11) is -1.58. The van der Waals surface area contributed by atoms with Crippen LogP contribution in [0.15, 0.2) is 127 Å². The van der Waals surface area contributed by atoms with Crippen LogP contribution in [0.4, 0.5) is 34.1 Å². The molecule has 0 spiro atoms. The van der Waals surface area contributed by atoms with Crippen molar-refractivity contribution in [2.24, 2.45) is 20.5 Å². The molecule has 0 heterocycles. The molecule has 0 unspecified atom stereocenters. The van der Waals surface area contributed by atoms with E-state index < -0.39 is 10.1 Å². The highest BCUT2D eigenvalue weighted by atomic mass is 32.2. The lowest BCUT2D eigenvalue weighted by Gasteiger charge is -2.11. The first kappa shape index (κ1) is 34.3. The number of nitrogens with two attached hydrogens (primary N) is 2. The lowest BCUT2D eigenvalue weighted by atomic mass is 10.0. The number of benzene rings is 6. The smallest absolute Gasteiger partial charge is 0.295 e. The summed E-state index contributed by atoms with van der Waals surface area (Å²) in [4.78, 5) is 0.267. The largest absolute Gasteiger partial charge is 0.494 e. The number of rotatable bonds is 11. The van der Waals surface area contributed by atoms with Gasteiger partial charge in [-0.3, -0.25) is 4.55 Å². The van der Waals surface area contributed by atoms with Crippen LogP contribution in [0.5, 0.6) is 11.5 Å². The molecule has 0 bridgehead atoms. The second-order valence-corrected chi connectivity index (χ2v) is 12.7. The molecule has 0 radical (unpaired) electrons. The van der Waals surface area contributed by atoms with Crippen LogP contribution in [0.1, 0.15) is 0 Å². The second-order valence-electron chi connectivity index (χ2n) is 10.6. The highest BCUT2D eigenvalue weighted by Crippen LogP contribution is 2.42. The fourth-order valence-electron chi connectivity index (χ4n) is 5.30. The number of nitrogen functional groups attached to an aromatic ring is 2. The monoisotopic (exact) mass is 712 g/mol. The molecule has 6 aromatic carbocycles. The van der Waals surface area contributed by atoms with Gasteiger partial charge in [0, 0.05) is 21.1 Å². The molecule has 0 atom stereocenters. The van der Waals surface area contributed by atoms with Gasteiger partial charge in [0.05, 0.1) is 37.6 Å². The Kier molecular flexibility index (Phi) is 9.91. The standard InChI is InChI=1S/C34H28N6O8S2/c1-45-29-15-19(11-13-25(29)37-39-27-17-31(49-48-47-41)21-7-3-5-9-23(21)33(27)35)20-12-14-26(30(16-20)46-2)38-40-28-18-32(50(42,43)44)22-8-4-6-10-24(22)34(28)36/h3-18,41H,35-36H2,1-2H3,(H,42,43,44). The van der Waals surface area contributed by atoms with E-state index in [1.807, 2.05) is 30.3 Å². The van der Waals surface area contributed by atoms with Gasteiger partial charge >= 0.3 is 0 Å². The molecule has 0 aromatic heterocycles. The van der Waals surface area contributed by atoms with Crippen LogP contribution in [-0.4, -0.2) is 32.4 Å². The first-order valence-corrected chi connectivity index (χ1v) is 16.8. The van der Waals surface area contributed by atoms with Crippen LogP contribution < -0.4 is 20.9 Å². The molecular weight excluding hydrogens is 685 g/mol. The topological polar surface area (TPSA) is 213 Å². The SMILES string of the molecule is COc1cc(-c2ccc(N=Nc3cc(S(=O)(=O)O)c4ccccc4c3N)c(OC)c2)ccc1N=Nc1cc(SOOO)c2ccccc2c1N. The summed E-state index contributed by atoms with van der Waals surface area (Å²) in [6, 6.07) is 27.3. The molecule has 6 rings (SSSR count). The van der Waals surface area contributed by atoms with Crippen LogP contribution in [0, 0.1) is 0 Å². The maximum atomic E-state index is 12.1. The summed E-state index contributed by atoms with van der Waals surface area (Å²) in [6.07, 6.45) is 0. The van der Waals surface area contributed by atoms with E-state index in [0.717, 1.165) is 33.9 Å². The fourth-order valence-corrected chi connectivity index (χ4v) is 6.54. The highest BCUT2D eigenvalue weighted by Gasteiger charge is 2.19. The van der Waals surface area contributed by atoms with Gasteiger partial charge in [-0.2, -0.15) is 8.42 Å². The molecule has 6 N–H and O–H groups in total. The van der Waals surface area contributed by atoms with Crippen molar-refractivity contribution < 1.29 is 37.1 Å². The van der Waals surface area contributed by atoms with Gasteiger partial charge < -0.3 is 20.9 Å². The van der Waals surface area contributed by atoms with Crippen LogP contribution >= 0.6 is 12.0 Å². The molecule has 0 amide bonds. The Morgan fingerprint density at radius 1 is 0.620 bits per heavy atom. The average Bonchev–Trinajstić information content (AvgIpc) is 3.13. The summed E-state index contributed by atoms with van der Waals surface area (Å²) < 4.78 is 49.9. The van der Waals surface area contributed by atoms with Crippen molar-refractivity contribution in [2.45, 2.75) is 9.79 Å². The average molecular weight is 713 g/mol. The van der Waals surface area contributed by atoms with Gasteiger partial charge in [0.15, 0.2) is 0 Å². The number of fused-ring (bicyclic) bond motifs is 2. The molecule has 6 aromatic rings. The molecule has 0 saturated carbocycles. The zero-order valence-corrected chi connectivity index (χ0v) is 28.0. The lowest BCUT2D eigenvalue weighted by molar-refractivity contribution is -0.432. The van der Waals surface area contributed by atoms with E-state index >= 15 is 0 Å². The van der Waals surface area contributed by atoms with Crippen molar-refractivity contribution in [2.75, 3.05) is 25.7 Å². The number of anilines is 2. The minimum Gasteiger partial charge on any atom is -0.494 e. The Morgan fingerprint density at radius 2 is 1.08 bits per heavy atom. The zero-order chi connectivity index (χ0) is 35.4. The highest BCUT2D eigenvalue weighted by molar-refractivity contribution is 7.94. The summed E-state index contributed by atoms with van der Waals surface area (Å²) in [5, 5.41) is 31.8. The minimum atomic E-state index is -4.57. The summed E-state index contributed by atoms with van der Waals surface area (Å²) in [5.41, 5.74) is 16.0. The molecule has 0 aliphatic heterocycles. The zero-order valence-electron chi connectivity index (χ0n) is 26.3. The lowest BCUT2D eigenvalue weighted by Crippen LogP contribution is -2.01. The van der Waals surface area contributed by atoms with Gasteiger partial charge in [-0.05, 0) is 52.9 Å². The van der Waals surface area contributed by atoms with Gasteiger partial charge in [-0.1, -0.05) is 65.7 Å². The summed E-state index contributed by atoms with van der Waals surface area (Å²) in [6.45, 7) is 0. The van der Waals surface area contributed by atoms with Gasteiger partial charge in [0.1, 0.15) is 39.1 Å². The summed E-state index contributed by atoms with van der Waals surface area (Å²) >= 11 is 0.796. The van der Waals surface area contributed by atoms with Gasteiger partial charge in [-0.25, -0.2) is 5.26 Å². The molecular formula is C34H28N6O8S2. The van der Waals surface area contributed by atoms with E-state index in [1.54, 1.807) is 60.7 Å². The maximum Gasteiger partial charge on any atom is 0.295 e. The molecule has 0 aliphatic rings. The quantitative estimate of drug-likeness (QED) is 0.0248. The maximum absolute atomic E-state index is 12.1. The third-order valence-corrected chi connectivity index (χ3v) is 9.25. The van der Waals surface area contributed by atoms with Crippen molar-refractivity contribution in [1.82, 2.24) is 0 Å². The number of ether oxygens (including phenoxy) is 2. The third-order valence-electron chi connectivity index (χ3n) is 7.71. The third kappa shape index (κ3) is 6.92. The molecule has 0 aliphatic carbocycles. The van der Waals surface area contributed by atoms with Gasteiger partial charge in [-0.15, -0.1) is 24.8 Å². The van der Waals surface area contributed by atoms with Gasteiger partial charge in [0.2, 0.25) is 0 Å². The molecule has 50 heavy (non-hydrogen) atoms. The molecule has 0 saturated heterocycles. The number of nitrogens with zero attached hydrogens (tertiary/aromatic N) is 4. The first-order valence-electron chi connectivity index (χ1n) is 14.6. The Hall–Kier alpha value is -5.62. The number of azo groups is 2. The van der Waals surface area contributed by atoms with Crippen molar-refractivity contribution in [1.29, 1.82) is 0 Å².